The average Bonchev–Trinajstić information content (AvgIpc) is 2.88. The fourth-order valence-corrected chi connectivity index (χ4v) is 3.72. The van der Waals surface area contributed by atoms with Gasteiger partial charge < -0.3 is 31.5 Å². The van der Waals surface area contributed by atoms with Crippen molar-refractivity contribution in [3.05, 3.63) is 64.9 Å². The number of hydrogen-bond acceptors (Lipinski definition) is 7. The van der Waals surface area contributed by atoms with Crippen LogP contribution in [0.1, 0.15) is 59.8 Å². The Morgan fingerprint density at radius 1 is 1.17 bits per heavy atom. The molecule has 0 aliphatic carbocycles. The van der Waals surface area contributed by atoms with Crippen LogP contribution in [0.15, 0.2) is 47.6 Å². The van der Waals surface area contributed by atoms with Crippen LogP contribution in [0.3, 0.4) is 0 Å². The van der Waals surface area contributed by atoms with E-state index in [9.17, 15) is 4.79 Å². The molecule has 0 heterocycles. The number of benzene rings is 2. The Balaban J connectivity index is 2.15. The largest absolute Gasteiger partial charge is 0.491 e. The molecule has 6 N–H and O–H groups in total. The number of rotatable bonds is 15. The zero-order valence-electron chi connectivity index (χ0n) is 21.9. The lowest BCUT2D eigenvalue weighted by Gasteiger charge is -2.19. The number of anilines is 1. The maximum atomic E-state index is 13.2. The molecular weight excluding hydrogens is 454 g/mol. The van der Waals surface area contributed by atoms with E-state index in [1.807, 2.05) is 50.2 Å². The number of amides is 1. The molecule has 0 aliphatic heterocycles. The molecule has 0 radical (unpaired) electrons. The summed E-state index contributed by atoms with van der Waals surface area (Å²) in [6.07, 6.45) is 5.46. The van der Waals surface area contributed by atoms with E-state index in [1.54, 1.807) is 13.3 Å². The van der Waals surface area contributed by atoms with Crippen molar-refractivity contribution in [3.8, 4) is 5.75 Å². The minimum Gasteiger partial charge on any atom is -0.491 e. The van der Waals surface area contributed by atoms with E-state index in [4.69, 9.17) is 15.6 Å². The van der Waals surface area contributed by atoms with Gasteiger partial charge in [-0.1, -0.05) is 25.5 Å². The number of hydrogen-bond donors (Lipinski definition) is 5. The first-order chi connectivity index (χ1) is 17.4. The normalized spacial score (nSPS) is 12.5. The van der Waals surface area contributed by atoms with Gasteiger partial charge in [-0.3, -0.25) is 9.79 Å². The highest BCUT2D eigenvalue weighted by Crippen LogP contribution is 2.29. The van der Waals surface area contributed by atoms with Crippen LogP contribution in [-0.2, 0) is 0 Å². The Kier molecular flexibility index (Phi) is 12.5. The van der Waals surface area contributed by atoms with Crippen LogP contribution in [0.2, 0.25) is 0 Å². The van der Waals surface area contributed by atoms with E-state index >= 15 is 0 Å². The fourth-order valence-electron chi connectivity index (χ4n) is 3.72. The Morgan fingerprint density at radius 2 is 1.97 bits per heavy atom. The van der Waals surface area contributed by atoms with Gasteiger partial charge in [0.2, 0.25) is 0 Å². The molecule has 36 heavy (non-hydrogen) atoms. The molecule has 0 fully saturated rings. The minimum atomic E-state index is -0.264. The molecule has 0 spiro atoms. The van der Waals surface area contributed by atoms with Crippen molar-refractivity contribution >= 4 is 23.4 Å². The lowest BCUT2D eigenvalue weighted by Crippen LogP contribution is -2.27. The third-order valence-corrected chi connectivity index (χ3v) is 5.78. The molecule has 0 saturated heterocycles. The number of aliphatic hydroxyl groups excluding tert-OH is 1. The van der Waals surface area contributed by atoms with Gasteiger partial charge in [0.15, 0.2) is 0 Å². The first kappa shape index (κ1) is 28.9. The monoisotopic (exact) mass is 495 g/mol. The molecule has 8 nitrogen and oxygen atoms in total. The summed E-state index contributed by atoms with van der Waals surface area (Å²) >= 11 is 0. The number of nitrogens with zero attached hydrogens (tertiary/aromatic N) is 1. The SMILES string of the molecule is CCCCNCCNc1ccc(C)c(C(=O)NC(C)c2ccc(OCCO)c(/C(C=NC)=C/N)c2)c1. The molecule has 0 saturated carbocycles. The van der Waals surface area contributed by atoms with Crippen molar-refractivity contribution in [2.24, 2.45) is 10.7 Å². The Hall–Kier alpha value is -3.36. The number of nitrogens with one attached hydrogen (secondary N) is 3. The van der Waals surface area contributed by atoms with Gasteiger partial charge in [-0.25, -0.2) is 0 Å². The van der Waals surface area contributed by atoms with E-state index in [0.29, 0.717) is 16.9 Å². The van der Waals surface area contributed by atoms with Crippen molar-refractivity contribution in [3.63, 3.8) is 0 Å². The van der Waals surface area contributed by atoms with E-state index in [1.165, 1.54) is 19.0 Å². The summed E-state index contributed by atoms with van der Waals surface area (Å²) in [6.45, 7) is 8.79. The fraction of sp³-hybridized carbons (Fsp3) is 0.429. The first-order valence-electron chi connectivity index (χ1n) is 12.5. The Bertz CT molecular complexity index is 1040. The van der Waals surface area contributed by atoms with Gasteiger partial charge in [-0.05, 0) is 62.2 Å². The second kappa shape index (κ2) is 15.6. The summed E-state index contributed by atoms with van der Waals surface area (Å²) in [7, 11) is 1.67. The van der Waals surface area contributed by atoms with Gasteiger partial charge in [0, 0.05) is 54.9 Å². The number of aliphatic hydroxyl groups is 1. The predicted molar refractivity (Wildman–Crippen MR) is 149 cm³/mol. The van der Waals surface area contributed by atoms with Crippen LogP contribution in [-0.4, -0.2) is 57.1 Å². The van der Waals surface area contributed by atoms with Crippen molar-refractivity contribution < 1.29 is 14.6 Å². The molecule has 1 atom stereocenters. The predicted octanol–water partition coefficient (Wildman–Crippen LogP) is 3.66. The topological polar surface area (TPSA) is 121 Å². The van der Waals surface area contributed by atoms with E-state index in [0.717, 1.165) is 42.0 Å². The second-order valence-corrected chi connectivity index (χ2v) is 8.59. The summed E-state index contributed by atoms with van der Waals surface area (Å²) in [5.74, 6) is 0.443. The Morgan fingerprint density at radius 3 is 2.67 bits per heavy atom. The van der Waals surface area contributed by atoms with Gasteiger partial charge in [0.1, 0.15) is 12.4 Å². The quantitative estimate of drug-likeness (QED) is 0.190. The third-order valence-electron chi connectivity index (χ3n) is 5.78. The van der Waals surface area contributed by atoms with E-state index in [-0.39, 0.29) is 25.2 Å². The van der Waals surface area contributed by atoms with Crippen molar-refractivity contribution in [1.82, 2.24) is 10.6 Å². The zero-order valence-corrected chi connectivity index (χ0v) is 21.9. The molecule has 2 aromatic rings. The van der Waals surface area contributed by atoms with Gasteiger partial charge in [-0.15, -0.1) is 0 Å². The summed E-state index contributed by atoms with van der Waals surface area (Å²) in [4.78, 5) is 17.2. The minimum absolute atomic E-state index is 0.0974. The number of allylic oxidation sites excluding steroid dienone is 1. The van der Waals surface area contributed by atoms with Crippen molar-refractivity contribution in [1.29, 1.82) is 0 Å². The van der Waals surface area contributed by atoms with Gasteiger partial charge in [0.25, 0.3) is 5.91 Å². The summed E-state index contributed by atoms with van der Waals surface area (Å²) in [6, 6.07) is 11.2. The summed E-state index contributed by atoms with van der Waals surface area (Å²) in [5, 5.41) is 19.1. The smallest absolute Gasteiger partial charge is 0.252 e. The summed E-state index contributed by atoms with van der Waals surface area (Å²) < 4.78 is 5.68. The van der Waals surface area contributed by atoms with Crippen LogP contribution >= 0.6 is 0 Å². The number of unbranched alkanes of at least 4 members (excludes halogenated alkanes) is 1. The molecule has 2 aromatic carbocycles. The second-order valence-electron chi connectivity index (χ2n) is 8.59. The van der Waals surface area contributed by atoms with E-state index in [2.05, 4.69) is 27.9 Å². The molecule has 2 rings (SSSR count). The lowest BCUT2D eigenvalue weighted by molar-refractivity contribution is 0.0939. The standard InChI is InChI=1S/C28H41N5O3/c1-5-6-11-31-12-13-32-24-9-7-20(2)25(17-24)28(35)33-21(3)22-8-10-27(36-15-14-34)26(16-22)23(18-29)19-30-4/h7-10,16-19,21,31-32,34H,5-6,11-15,29H2,1-4H3,(H,33,35)/b23-18+,30-19?. The molecule has 0 bridgehead atoms. The molecular formula is C28H41N5O3. The third kappa shape index (κ3) is 8.70. The number of aliphatic imine (C=N–C) groups is 1. The molecule has 1 amide bonds. The van der Waals surface area contributed by atoms with Crippen LogP contribution in [0.4, 0.5) is 5.69 Å². The molecule has 196 valence electrons. The number of nitrogens with two attached hydrogens (primary N) is 1. The number of carbonyl (C=O) groups excluding carboxylic acids is 1. The van der Waals surface area contributed by atoms with Crippen LogP contribution in [0, 0.1) is 6.92 Å². The van der Waals surface area contributed by atoms with Crippen LogP contribution in [0.25, 0.3) is 5.57 Å². The molecule has 8 heteroatoms. The van der Waals surface area contributed by atoms with Crippen LogP contribution < -0.4 is 26.4 Å². The van der Waals surface area contributed by atoms with Crippen LogP contribution in [0.5, 0.6) is 5.75 Å². The van der Waals surface area contributed by atoms with E-state index < -0.39 is 0 Å². The lowest BCUT2D eigenvalue weighted by atomic mass is 9.99. The van der Waals surface area contributed by atoms with Crippen molar-refractivity contribution in [2.45, 2.75) is 39.7 Å². The number of aryl methyl sites for hydroxylation is 1. The highest BCUT2D eigenvalue weighted by molar-refractivity contribution is 6.10. The molecule has 0 aliphatic rings. The zero-order chi connectivity index (χ0) is 26.3. The van der Waals surface area contributed by atoms with Crippen molar-refractivity contribution in [2.75, 3.05) is 45.2 Å². The summed E-state index contributed by atoms with van der Waals surface area (Å²) in [5.41, 5.74) is 10.6. The highest BCUT2D eigenvalue weighted by atomic mass is 16.5. The van der Waals surface area contributed by atoms with Gasteiger partial charge in [0.05, 0.1) is 12.6 Å². The highest BCUT2D eigenvalue weighted by Gasteiger charge is 2.17. The van der Waals surface area contributed by atoms with Gasteiger partial charge >= 0.3 is 0 Å². The first-order valence-corrected chi connectivity index (χ1v) is 12.5. The van der Waals surface area contributed by atoms with Gasteiger partial charge in [-0.2, -0.15) is 0 Å². The Labute approximate surface area is 215 Å². The molecule has 1 unspecified atom stereocenters. The maximum Gasteiger partial charge on any atom is 0.252 e. The number of ether oxygens (including phenoxy) is 1. The maximum absolute atomic E-state index is 13.2. The average molecular weight is 496 g/mol. The number of carbonyl (C=O) groups is 1. The molecule has 0 aromatic heterocycles.